The van der Waals surface area contributed by atoms with Crippen LogP contribution in [0.25, 0.3) is 11.2 Å². The van der Waals surface area contributed by atoms with Gasteiger partial charge in [-0.2, -0.15) is 0 Å². The number of nitrogens with zero attached hydrogens (tertiary/aromatic N) is 5. The Kier molecular flexibility index (Phi) is 8.17. The number of esters is 1. The molecule has 1 N–H and O–H groups in total. The molecule has 0 spiro atoms. The van der Waals surface area contributed by atoms with Crippen molar-refractivity contribution in [2.75, 3.05) is 13.0 Å². The average molecular weight is 536 g/mol. The molecular formula is C21H23FN6O6P2. The molecule has 0 bridgehead atoms. The number of carbonyl (C=O) groups is 1. The first-order valence-electron chi connectivity index (χ1n) is 10.8. The molecule has 1 aliphatic rings. The van der Waals surface area contributed by atoms with Crippen molar-refractivity contribution in [3.8, 4) is 5.75 Å². The first-order valence-corrected chi connectivity index (χ1v) is 13.1. The van der Waals surface area contributed by atoms with Crippen LogP contribution in [0.4, 0.5) is 10.2 Å². The Morgan fingerprint density at radius 1 is 1.33 bits per heavy atom. The van der Waals surface area contributed by atoms with Crippen molar-refractivity contribution in [2.45, 2.75) is 32.4 Å². The fraction of sp³-hybridized carbons (Fsp3) is 0.333. The van der Waals surface area contributed by atoms with Gasteiger partial charge < -0.3 is 18.7 Å². The molecule has 1 aliphatic heterocycles. The molecule has 4 atom stereocenters. The molecule has 0 saturated heterocycles. The molecule has 0 fully saturated rings. The second-order valence-electron chi connectivity index (χ2n) is 7.52. The second-order valence-corrected chi connectivity index (χ2v) is 9.79. The van der Waals surface area contributed by atoms with Gasteiger partial charge in [-0.3, -0.25) is 13.9 Å². The quantitative estimate of drug-likeness (QED) is 0.279. The number of aromatic nitrogens is 4. The van der Waals surface area contributed by atoms with Gasteiger partial charge in [-0.25, -0.2) is 29.2 Å². The van der Waals surface area contributed by atoms with Crippen LogP contribution in [0.5, 0.6) is 5.75 Å². The van der Waals surface area contributed by atoms with Gasteiger partial charge in [0.25, 0.3) is 0 Å². The summed E-state index contributed by atoms with van der Waals surface area (Å²) in [7, 11) is -0.822. The largest absolute Gasteiger partial charge is 0.465 e. The van der Waals surface area contributed by atoms with E-state index in [1.165, 1.54) is 24.1 Å². The predicted octanol–water partition coefficient (Wildman–Crippen LogP) is 4.28. The van der Waals surface area contributed by atoms with Crippen molar-refractivity contribution < 1.29 is 32.5 Å². The van der Waals surface area contributed by atoms with Crippen LogP contribution in [0.3, 0.4) is 0 Å². The maximum Gasteiger partial charge on any atom is 0.342 e. The molecule has 0 amide bonds. The summed E-state index contributed by atoms with van der Waals surface area (Å²) >= 11 is 0. The molecule has 36 heavy (non-hydrogen) atoms. The van der Waals surface area contributed by atoms with Crippen LogP contribution in [-0.4, -0.2) is 50.8 Å². The lowest BCUT2D eigenvalue weighted by molar-refractivity contribution is -0.144. The molecule has 15 heteroatoms. The summed E-state index contributed by atoms with van der Waals surface area (Å²) in [5, 5.41) is 2.65. The molecule has 0 saturated carbocycles. The van der Waals surface area contributed by atoms with Crippen molar-refractivity contribution in [1.29, 1.82) is 0 Å². The molecule has 1 aromatic carbocycles. The molecule has 12 nitrogen and oxygen atoms in total. The minimum atomic E-state index is -3.84. The van der Waals surface area contributed by atoms with Gasteiger partial charge in [-0.15, -0.1) is 0 Å². The smallest absolute Gasteiger partial charge is 0.342 e. The zero-order chi connectivity index (χ0) is 25.7. The Balaban J connectivity index is 1.48. The van der Waals surface area contributed by atoms with Crippen LogP contribution in [0, 0.1) is 0 Å². The topological polar surface area (TPSA) is 139 Å². The van der Waals surface area contributed by atoms with E-state index < -0.39 is 44.2 Å². The summed E-state index contributed by atoms with van der Waals surface area (Å²) in [6.45, 7) is 3.30. The molecule has 3 heterocycles. The van der Waals surface area contributed by atoms with Gasteiger partial charge in [-0.05, 0) is 35.0 Å². The lowest BCUT2D eigenvalue weighted by atomic mass is 10.3. The van der Waals surface area contributed by atoms with Gasteiger partial charge >= 0.3 is 13.5 Å². The monoisotopic (exact) mass is 536 g/mol. The van der Waals surface area contributed by atoms with Gasteiger partial charge in [0, 0.05) is 6.08 Å². The maximum absolute atomic E-state index is 14.8. The molecule has 2 aromatic heterocycles. The number of halogens is 1. The second kappa shape index (κ2) is 11.3. The minimum absolute atomic E-state index is 0.158. The van der Waals surface area contributed by atoms with Crippen LogP contribution in [0.2, 0.25) is 0 Å². The van der Waals surface area contributed by atoms with Gasteiger partial charge in [0.2, 0.25) is 0 Å². The number of hydrogen-bond donors (Lipinski definition) is 1. The average Bonchev–Trinajstić information content (AvgIpc) is 3.46. The first-order chi connectivity index (χ1) is 17.3. The highest BCUT2D eigenvalue weighted by Crippen LogP contribution is 2.45. The van der Waals surface area contributed by atoms with Crippen molar-refractivity contribution in [1.82, 2.24) is 24.6 Å². The number of carbonyl (C=O) groups excluding carboxylic acids is 1. The normalized spacial score (nSPS) is 19.9. The van der Waals surface area contributed by atoms with Crippen LogP contribution < -0.4 is 9.61 Å². The number of nitrogens with one attached hydrogen (secondary N) is 1. The molecule has 0 radical (unpaired) electrons. The lowest BCUT2D eigenvalue weighted by Gasteiger charge is -2.24. The SMILES string of the molecule is CCOC(=O)C(C)NP(=O)(CO[C@@H]1C=C(F)[C@H](n2cnc3c(N=P)ncnc32)O1)Oc1ccccc1. The first kappa shape index (κ1) is 26.0. The standard InChI is InChI=1S/C21H23FN6O6P2/c1-3-31-21(29)13(2)27-36(30,34-14-7-5-4-6-8-14)12-32-16-9-15(22)20(33-16)28-11-25-17-18(26-35)23-10-24-19(17)28/h4-11,13,16,20,35H,3,12H2,1-2H3,(H,27,30)/t13?,16-,20+,36?/m0/s1. The Bertz CT molecular complexity index is 1320. The molecule has 3 aromatic rings. The maximum atomic E-state index is 14.8. The van der Waals surface area contributed by atoms with Crippen LogP contribution in [0.1, 0.15) is 20.1 Å². The van der Waals surface area contributed by atoms with Crippen molar-refractivity contribution in [3.63, 3.8) is 0 Å². The highest BCUT2D eigenvalue weighted by atomic mass is 31.2. The number of ether oxygens (including phenoxy) is 3. The summed E-state index contributed by atoms with van der Waals surface area (Å²) < 4.78 is 55.5. The van der Waals surface area contributed by atoms with E-state index in [0.717, 1.165) is 6.08 Å². The Morgan fingerprint density at radius 3 is 2.83 bits per heavy atom. The summed E-state index contributed by atoms with van der Waals surface area (Å²) in [5.41, 5.74) is 0.630. The van der Waals surface area contributed by atoms with Crippen molar-refractivity contribution in [2.24, 2.45) is 4.74 Å². The minimum Gasteiger partial charge on any atom is -0.465 e. The molecule has 0 aliphatic carbocycles. The van der Waals surface area contributed by atoms with E-state index in [1.54, 1.807) is 37.3 Å². The zero-order valence-electron chi connectivity index (χ0n) is 19.3. The van der Waals surface area contributed by atoms with Crippen LogP contribution in [-0.2, 0) is 23.6 Å². The van der Waals surface area contributed by atoms with E-state index in [2.05, 4.69) is 33.8 Å². The zero-order valence-corrected chi connectivity index (χ0v) is 21.2. The van der Waals surface area contributed by atoms with E-state index in [4.69, 9.17) is 18.7 Å². The molecular weight excluding hydrogens is 513 g/mol. The summed E-state index contributed by atoms with van der Waals surface area (Å²) in [4.78, 5) is 24.4. The van der Waals surface area contributed by atoms with Crippen molar-refractivity contribution in [3.05, 3.63) is 54.9 Å². The molecule has 4 rings (SSSR count). The third kappa shape index (κ3) is 5.83. The van der Waals surface area contributed by atoms with Crippen LogP contribution >= 0.6 is 16.6 Å². The fourth-order valence-electron chi connectivity index (χ4n) is 3.35. The highest BCUT2D eigenvalue weighted by molar-refractivity contribution is 7.57. The number of rotatable bonds is 11. The molecule has 190 valence electrons. The van der Waals surface area contributed by atoms with E-state index in [9.17, 15) is 13.8 Å². The predicted molar refractivity (Wildman–Crippen MR) is 129 cm³/mol. The van der Waals surface area contributed by atoms with E-state index in [0.29, 0.717) is 11.2 Å². The summed E-state index contributed by atoms with van der Waals surface area (Å²) in [6.07, 6.45) is 0.727. The Morgan fingerprint density at radius 2 is 2.11 bits per heavy atom. The van der Waals surface area contributed by atoms with Gasteiger partial charge in [0.15, 0.2) is 41.7 Å². The van der Waals surface area contributed by atoms with Gasteiger partial charge in [0.1, 0.15) is 18.1 Å². The van der Waals surface area contributed by atoms with Gasteiger partial charge in [0.05, 0.1) is 12.9 Å². The van der Waals surface area contributed by atoms with Crippen LogP contribution in [0.15, 0.2) is 59.6 Å². The number of fused-ring (bicyclic) bond motifs is 1. The third-order valence-corrected chi connectivity index (χ3v) is 6.91. The molecule has 2 unspecified atom stereocenters. The fourth-order valence-corrected chi connectivity index (χ4v) is 5.20. The van der Waals surface area contributed by atoms with Crippen molar-refractivity contribution >= 4 is 39.5 Å². The Hall–Kier alpha value is -3.08. The number of benzene rings is 1. The lowest BCUT2D eigenvalue weighted by Crippen LogP contribution is -2.36. The van der Waals surface area contributed by atoms with E-state index in [1.807, 2.05) is 0 Å². The highest BCUT2D eigenvalue weighted by Gasteiger charge is 2.36. The van der Waals surface area contributed by atoms with Gasteiger partial charge in [-0.1, -0.05) is 18.2 Å². The number of imidazole rings is 1. The summed E-state index contributed by atoms with van der Waals surface area (Å²) in [5.74, 6) is -0.717. The summed E-state index contributed by atoms with van der Waals surface area (Å²) in [6, 6.07) is 7.41. The van der Waals surface area contributed by atoms with E-state index >= 15 is 0 Å². The Labute approximate surface area is 207 Å². The number of hydrogen-bond acceptors (Lipinski definition) is 10. The third-order valence-electron chi connectivity index (χ3n) is 4.93. The number of para-hydroxylation sites is 1. The van der Waals surface area contributed by atoms with E-state index in [-0.39, 0.29) is 18.2 Å².